The van der Waals surface area contributed by atoms with Gasteiger partial charge >= 0.3 is 5.97 Å². The minimum atomic E-state index is -1.28. The zero-order chi connectivity index (χ0) is 32.2. The van der Waals surface area contributed by atoms with Crippen LogP contribution in [-0.2, 0) is 24.5 Å². The average molecular weight is 647 g/mol. The summed E-state index contributed by atoms with van der Waals surface area (Å²) < 4.78 is 21.6. The van der Waals surface area contributed by atoms with Crippen LogP contribution in [0.3, 0.4) is 0 Å². The number of carbonyl (C=O) groups excluding carboxylic acids is 3. The molecule has 2 aromatic carbocycles. The summed E-state index contributed by atoms with van der Waals surface area (Å²) in [6, 6.07) is 8.71. The minimum Gasteiger partial charge on any atom is -0.461 e. The van der Waals surface area contributed by atoms with Gasteiger partial charge in [0.2, 0.25) is 5.91 Å². The van der Waals surface area contributed by atoms with Crippen LogP contribution in [0.5, 0.6) is 0 Å². The molecule has 7 nitrogen and oxygen atoms in total. The highest BCUT2D eigenvalue weighted by Gasteiger charge is 2.66. The van der Waals surface area contributed by atoms with E-state index in [1.54, 1.807) is 38.1 Å². The van der Waals surface area contributed by atoms with Crippen molar-refractivity contribution in [2.24, 2.45) is 17.1 Å². The lowest BCUT2D eigenvalue weighted by Crippen LogP contribution is -2.49. The first kappa shape index (κ1) is 32.9. The smallest absolute Gasteiger partial charge is 0.325 e. The van der Waals surface area contributed by atoms with Crippen molar-refractivity contribution < 1.29 is 23.5 Å². The highest BCUT2D eigenvalue weighted by atomic mass is 35.5. The van der Waals surface area contributed by atoms with Gasteiger partial charge in [0.25, 0.3) is 0 Å². The van der Waals surface area contributed by atoms with Crippen molar-refractivity contribution in [3.8, 4) is 0 Å². The molecule has 1 saturated carbocycles. The monoisotopic (exact) mass is 645 g/mol. The largest absolute Gasteiger partial charge is 0.461 e. The summed E-state index contributed by atoms with van der Waals surface area (Å²) in [5.74, 6) is -2.23. The molecule has 5 rings (SSSR count). The second-order valence-electron chi connectivity index (χ2n) is 14.5. The third-order valence-electron chi connectivity index (χ3n) is 9.37. The number of nitrogens with one attached hydrogen (secondary N) is 2. The summed E-state index contributed by atoms with van der Waals surface area (Å²) in [7, 11) is 0. The van der Waals surface area contributed by atoms with E-state index in [2.05, 4.69) is 31.4 Å². The Morgan fingerprint density at radius 3 is 2.39 bits per heavy atom. The molecule has 2 aliphatic heterocycles. The lowest BCUT2D eigenvalue weighted by Gasteiger charge is -2.38. The van der Waals surface area contributed by atoms with E-state index in [9.17, 15) is 14.4 Å². The van der Waals surface area contributed by atoms with Crippen molar-refractivity contribution in [1.29, 1.82) is 0 Å². The lowest BCUT2D eigenvalue weighted by molar-refractivity contribution is -0.156. The van der Waals surface area contributed by atoms with E-state index in [-0.39, 0.29) is 46.1 Å². The Morgan fingerprint density at radius 1 is 1.07 bits per heavy atom. The molecule has 1 amide bonds. The first-order valence-corrected chi connectivity index (χ1v) is 16.1. The molecule has 1 aliphatic carbocycles. The van der Waals surface area contributed by atoms with Crippen molar-refractivity contribution in [3.63, 3.8) is 0 Å². The van der Waals surface area contributed by atoms with Crippen molar-refractivity contribution in [2.45, 2.75) is 108 Å². The molecule has 2 heterocycles. The number of fused-ring (bicyclic) bond motifs is 2. The predicted molar refractivity (Wildman–Crippen MR) is 170 cm³/mol. The third-order valence-corrected chi connectivity index (χ3v) is 9.90. The van der Waals surface area contributed by atoms with Gasteiger partial charge in [0, 0.05) is 29.1 Å². The van der Waals surface area contributed by atoms with Gasteiger partial charge in [0.05, 0.1) is 11.1 Å². The maximum absolute atomic E-state index is 16.0. The lowest BCUT2D eigenvalue weighted by atomic mass is 9.62. The fourth-order valence-electron chi connectivity index (χ4n) is 7.37. The number of anilines is 1. The molecule has 2 fully saturated rings. The molecule has 0 unspecified atom stereocenters. The van der Waals surface area contributed by atoms with E-state index in [0.29, 0.717) is 48.4 Å². The number of ketones is 1. The topological polar surface area (TPSA) is 111 Å². The molecule has 44 heavy (non-hydrogen) atoms. The molecular weight excluding hydrogens is 604 g/mol. The molecule has 0 bridgehead atoms. The number of Topliss-reactive ketones (excluding diaryl/α,β-unsaturated/α-hetero) is 1. The van der Waals surface area contributed by atoms with Gasteiger partial charge in [-0.15, -0.1) is 0 Å². The van der Waals surface area contributed by atoms with Crippen LogP contribution >= 0.6 is 23.2 Å². The Balaban J connectivity index is 1.51. The van der Waals surface area contributed by atoms with Crippen LogP contribution in [0.4, 0.5) is 10.1 Å². The molecule has 4 atom stereocenters. The summed E-state index contributed by atoms with van der Waals surface area (Å²) >= 11 is 12.6. The van der Waals surface area contributed by atoms with Crippen LogP contribution in [0.2, 0.25) is 10.0 Å². The number of halogens is 3. The molecule has 1 saturated heterocycles. The number of esters is 1. The van der Waals surface area contributed by atoms with Crippen molar-refractivity contribution >= 4 is 46.5 Å². The minimum absolute atomic E-state index is 0.0635. The van der Waals surface area contributed by atoms with E-state index < -0.39 is 40.7 Å². The van der Waals surface area contributed by atoms with Crippen LogP contribution in [0.25, 0.3) is 0 Å². The first-order chi connectivity index (χ1) is 20.5. The number of amides is 1. The van der Waals surface area contributed by atoms with Crippen LogP contribution in [-0.4, -0.2) is 41.4 Å². The van der Waals surface area contributed by atoms with E-state index in [4.69, 9.17) is 33.7 Å². The number of nitrogens with two attached hydrogens (primary N) is 1. The number of benzene rings is 2. The van der Waals surface area contributed by atoms with Gasteiger partial charge in [-0.1, -0.05) is 62.2 Å². The Morgan fingerprint density at radius 2 is 1.75 bits per heavy atom. The zero-order valence-corrected chi connectivity index (χ0v) is 27.4. The molecular formula is C34H42Cl2FN3O4. The molecule has 2 aromatic rings. The van der Waals surface area contributed by atoms with Crippen molar-refractivity contribution in [1.82, 2.24) is 5.32 Å². The molecule has 1 spiro atoms. The number of carbonyl (C=O) groups is 3. The Hall–Kier alpha value is -2.52. The quantitative estimate of drug-likeness (QED) is 0.290. The summed E-state index contributed by atoms with van der Waals surface area (Å²) in [6.45, 7) is 9.48. The fraction of sp³-hybridized carbons (Fsp3) is 0.559. The molecule has 0 aromatic heterocycles. The highest BCUT2D eigenvalue weighted by molar-refractivity contribution is 6.31. The SMILES string of the molecule is CC(C)(C)C[C@H]1N[C@@H](C(=O)CC2CCC(OC(=O)C(C)(C)N)CC2)[C@H](c2cccc(Cl)c2F)[C@@]12C(=O)Nc1cc(Cl)ccc12. The van der Waals surface area contributed by atoms with E-state index >= 15 is 4.39 Å². The van der Waals surface area contributed by atoms with E-state index in [0.717, 1.165) is 0 Å². The van der Waals surface area contributed by atoms with Crippen LogP contribution in [0.1, 0.15) is 90.2 Å². The predicted octanol–water partition coefficient (Wildman–Crippen LogP) is 6.68. The van der Waals surface area contributed by atoms with Gasteiger partial charge < -0.3 is 21.1 Å². The Labute approximate surface area is 268 Å². The molecule has 3 aliphatic rings. The number of hydrogen-bond acceptors (Lipinski definition) is 6. The summed E-state index contributed by atoms with van der Waals surface area (Å²) in [5, 5.41) is 6.98. The number of hydrogen-bond donors (Lipinski definition) is 3. The fourth-order valence-corrected chi connectivity index (χ4v) is 7.73. The zero-order valence-electron chi connectivity index (χ0n) is 25.9. The van der Waals surface area contributed by atoms with Gasteiger partial charge in [0.15, 0.2) is 5.78 Å². The van der Waals surface area contributed by atoms with E-state index in [1.165, 1.54) is 6.07 Å². The first-order valence-electron chi connectivity index (χ1n) is 15.4. The average Bonchev–Trinajstić information content (AvgIpc) is 3.39. The van der Waals surface area contributed by atoms with Gasteiger partial charge in [0.1, 0.15) is 22.9 Å². The van der Waals surface area contributed by atoms with Gasteiger partial charge in [-0.25, -0.2) is 4.39 Å². The van der Waals surface area contributed by atoms with Crippen molar-refractivity contribution in [2.75, 3.05) is 5.32 Å². The van der Waals surface area contributed by atoms with Crippen molar-refractivity contribution in [3.05, 3.63) is 63.4 Å². The molecule has 0 radical (unpaired) electrons. The van der Waals surface area contributed by atoms with Crippen LogP contribution in [0.15, 0.2) is 36.4 Å². The second-order valence-corrected chi connectivity index (χ2v) is 15.4. The number of rotatable bonds is 7. The summed E-state index contributed by atoms with van der Waals surface area (Å²) in [6.07, 6.45) is 3.26. The highest BCUT2D eigenvalue weighted by Crippen LogP contribution is 2.57. The molecule has 238 valence electrons. The Kier molecular flexibility index (Phi) is 8.97. The second kappa shape index (κ2) is 12.0. The maximum Gasteiger partial charge on any atom is 0.325 e. The van der Waals surface area contributed by atoms with Gasteiger partial charge in [-0.05, 0) is 86.6 Å². The summed E-state index contributed by atoms with van der Waals surface area (Å²) in [4.78, 5) is 40.9. The summed E-state index contributed by atoms with van der Waals surface area (Å²) in [5.41, 5.74) is 4.82. The van der Waals surface area contributed by atoms with Gasteiger partial charge in [-0.2, -0.15) is 0 Å². The molecule has 4 N–H and O–H groups in total. The third kappa shape index (κ3) is 6.15. The maximum atomic E-state index is 16.0. The van der Waals surface area contributed by atoms with Gasteiger partial charge in [-0.3, -0.25) is 14.4 Å². The van der Waals surface area contributed by atoms with E-state index in [1.807, 2.05) is 6.07 Å². The van der Waals surface area contributed by atoms with Crippen LogP contribution < -0.4 is 16.4 Å². The number of ether oxygens (including phenoxy) is 1. The molecule has 10 heteroatoms. The standard InChI is InChI=1S/C34H42Cl2FN3O4/c1-32(2,3)17-26-34(22-14-11-19(35)16-24(22)39-30(34)42)27(21-7-6-8-23(36)28(21)37)29(40-26)25(41)15-18-9-12-20(13-10-18)44-31(43)33(4,5)38/h6-8,11,14,16,18,20,26-27,29,40H,9-10,12-13,15,17,38H2,1-5H3,(H,39,42)/t18?,20?,26-,27+,29+,34+/m1/s1. The Bertz CT molecular complexity index is 1460. The normalized spacial score (nSPS) is 28.6. The van der Waals surface area contributed by atoms with Crippen LogP contribution in [0, 0.1) is 17.2 Å².